The molecule has 0 saturated heterocycles. The number of amides is 1. The minimum Gasteiger partial charge on any atom is -0.480 e. The third-order valence-electron chi connectivity index (χ3n) is 3.29. The standard InChI is InChI=1S/C11H19NO4/c1-11(5-3-2-4-6-11)10(16)12-8(7-13)9(14)15/h8,13H,2-7H2,1H3,(H,12,16)(H,14,15)/t8-/m1/s1. The average Bonchev–Trinajstić information content (AvgIpc) is 2.26. The summed E-state index contributed by atoms with van der Waals surface area (Å²) in [6.45, 7) is 1.29. The molecule has 92 valence electrons. The summed E-state index contributed by atoms with van der Waals surface area (Å²) in [5.74, 6) is -1.45. The van der Waals surface area contributed by atoms with E-state index in [-0.39, 0.29) is 5.91 Å². The molecular weight excluding hydrogens is 210 g/mol. The van der Waals surface area contributed by atoms with Gasteiger partial charge in [-0.15, -0.1) is 0 Å². The second kappa shape index (κ2) is 5.30. The molecule has 1 amide bonds. The maximum atomic E-state index is 11.9. The lowest BCUT2D eigenvalue weighted by Gasteiger charge is -2.32. The highest BCUT2D eigenvalue weighted by molar-refractivity contribution is 5.87. The Morgan fingerprint density at radius 3 is 2.31 bits per heavy atom. The van der Waals surface area contributed by atoms with Crippen molar-refractivity contribution in [2.24, 2.45) is 5.41 Å². The number of aliphatic hydroxyl groups is 1. The molecule has 0 radical (unpaired) electrons. The van der Waals surface area contributed by atoms with Crippen LogP contribution in [0, 0.1) is 5.41 Å². The number of hydrogen-bond donors (Lipinski definition) is 3. The van der Waals surface area contributed by atoms with Gasteiger partial charge in [0, 0.05) is 5.41 Å². The van der Waals surface area contributed by atoms with E-state index in [1.54, 1.807) is 0 Å². The summed E-state index contributed by atoms with van der Waals surface area (Å²) in [7, 11) is 0. The van der Waals surface area contributed by atoms with Gasteiger partial charge in [0.25, 0.3) is 0 Å². The molecule has 1 atom stereocenters. The first-order valence-corrected chi connectivity index (χ1v) is 5.64. The summed E-state index contributed by atoms with van der Waals surface area (Å²) >= 11 is 0. The molecule has 0 aromatic heterocycles. The van der Waals surface area contributed by atoms with Crippen molar-refractivity contribution in [3.05, 3.63) is 0 Å². The number of carboxylic acids is 1. The summed E-state index contributed by atoms with van der Waals surface area (Å²) < 4.78 is 0. The first-order chi connectivity index (χ1) is 7.49. The molecule has 1 aliphatic carbocycles. The number of rotatable bonds is 4. The van der Waals surface area contributed by atoms with Crippen LogP contribution in [0.5, 0.6) is 0 Å². The van der Waals surface area contributed by atoms with E-state index in [0.29, 0.717) is 0 Å². The van der Waals surface area contributed by atoms with Crippen LogP contribution in [0.15, 0.2) is 0 Å². The zero-order valence-electron chi connectivity index (χ0n) is 9.53. The molecule has 5 heteroatoms. The van der Waals surface area contributed by atoms with Gasteiger partial charge in [-0.2, -0.15) is 0 Å². The Bertz CT molecular complexity index is 271. The molecular formula is C11H19NO4. The first-order valence-electron chi connectivity index (χ1n) is 5.64. The topological polar surface area (TPSA) is 86.6 Å². The normalized spacial score (nSPS) is 21.1. The van der Waals surface area contributed by atoms with E-state index in [2.05, 4.69) is 5.32 Å². The van der Waals surface area contributed by atoms with Crippen molar-refractivity contribution >= 4 is 11.9 Å². The van der Waals surface area contributed by atoms with E-state index in [1.807, 2.05) is 6.92 Å². The largest absolute Gasteiger partial charge is 0.480 e. The third-order valence-corrected chi connectivity index (χ3v) is 3.29. The summed E-state index contributed by atoms with van der Waals surface area (Å²) in [4.78, 5) is 22.6. The van der Waals surface area contributed by atoms with E-state index in [9.17, 15) is 9.59 Å². The Balaban J connectivity index is 2.59. The van der Waals surface area contributed by atoms with Crippen molar-refractivity contribution in [3.63, 3.8) is 0 Å². The van der Waals surface area contributed by atoms with Gasteiger partial charge in [-0.3, -0.25) is 4.79 Å². The highest BCUT2D eigenvalue weighted by Gasteiger charge is 2.36. The van der Waals surface area contributed by atoms with Crippen LogP contribution in [0.25, 0.3) is 0 Å². The number of hydrogen-bond acceptors (Lipinski definition) is 3. The van der Waals surface area contributed by atoms with Crippen molar-refractivity contribution < 1.29 is 19.8 Å². The monoisotopic (exact) mass is 229 g/mol. The predicted octanol–water partition coefficient (Wildman–Crippen LogP) is 0.518. The van der Waals surface area contributed by atoms with Crippen LogP contribution in [-0.4, -0.2) is 34.7 Å². The van der Waals surface area contributed by atoms with Gasteiger partial charge >= 0.3 is 5.97 Å². The van der Waals surface area contributed by atoms with Crippen molar-refractivity contribution in [2.75, 3.05) is 6.61 Å². The fraction of sp³-hybridized carbons (Fsp3) is 0.818. The molecule has 0 unspecified atom stereocenters. The van der Waals surface area contributed by atoms with Crippen LogP contribution in [0.2, 0.25) is 0 Å². The lowest BCUT2D eigenvalue weighted by Crippen LogP contribution is -2.49. The summed E-state index contributed by atoms with van der Waals surface area (Å²) in [6, 6.07) is -1.19. The highest BCUT2D eigenvalue weighted by atomic mass is 16.4. The number of carbonyl (C=O) groups is 2. The SMILES string of the molecule is CC1(C(=O)N[C@H](CO)C(=O)O)CCCCC1. The van der Waals surface area contributed by atoms with Crippen molar-refractivity contribution in [2.45, 2.75) is 45.1 Å². The molecule has 0 aliphatic heterocycles. The fourth-order valence-corrected chi connectivity index (χ4v) is 2.08. The van der Waals surface area contributed by atoms with E-state index < -0.39 is 24.0 Å². The van der Waals surface area contributed by atoms with Gasteiger partial charge in [-0.25, -0.2) is 4.79 Å². The zero-order chi connectivity index (χ0) is 12.2. The molecule has 5 nitrogen and oxygen atoms in total. The molecule has 1 saturated carbocycles. The van der Waals surface area contributed by atoms with Gasteiger partial charge in [0.1, 0.15) is 6.04 Å². The van der Waals surface area contributed by atoms with Crippen LogP contribution in [-0.2, 0) is 9.59 Å². The Kier molecular flexibility index (Phi) is 4.29. The minimum absolute atomic E-state index is 0.256. The highest BCUT2D eigenvalue weighted by Crippen LogP contribution is 2.35. The quantitative estimate of drug-likeness (QED) is 0.656. The van der Waals surface area contributed by atoms with Gasteiger partial charge in [-0.05, 0) is 12.8 Å². The number of aliphatic hydroxyl groups excluding tert-OH is 1. The molecule has 0 aromatic carbocycles. The average molecular weight is 229 g/mol. The Labute approximate surface area is 94.8 Å². The summed E-state index contributed by atoms with van der Waals surface area (Å²) in [6.07, 6.45) is 4.71. The second-order valence-electron chi connectivity index (χ2n) is 4.67. The number of nitrogens with one attached hydrogen (secondary N) is 1. The van der Waals surface area contributed by atoms with Crippen molar-refractivity contribution in [3.8, 4) is 0 Å². The van der Waals surface area contributed by atoms with E-state index in [0.717, 1.165) is 32.1 Å². The molecule has 3 N–H and O–H groups in total. The Morgan fingerprint density at radius 2 is 1.88 bits per heavy atom. The molecule has 1 rings (SSSR count). The van der Waals surface area contributed by atoms with Gasteiger partial charge in [0.05, 0.1) is 6.61 Å². The van der Waals surface area contributed by atoms with Gasteiger partial charge in [0.2, 0.25) is 5.91 Å². The van der Waals surface area contributed by atoms with Gasteiger partial charge in [-0.1, -0.05) is 26.2 Å². The first kappa shape index (κ1) is 13.0. The maximum Gasteiger partial charge on any atom is 0.328 e. The number of carboxylic acid groups (broad SMARTS) is 1. The molecule has 1 fully saturated rings. The van der Waals surface area contributed by atoms with E-state index >= 15 is 0 Å². The third kappa shape index (κ3) is 2.95. The molecule has 0 heterocycles. The van der Waals surface area contributed by atoms with Crippen molar-refractivity contribution in [1.29, 1.82) is 0 Å². The molecule has 0 bridgehead atoms. The van der Waals surface area contributed by atoms with Gasteiger partial charge < -0.3 is 15.5 Å². The lowest BCUT2D eigenvalue weighted by atomic mass is 9.75. The summed E-state index contributed by atoms with van der Waals surface area (Å²) in [5.41, 5.74) is -0.471. The van der Waals surface area contributed by atoms with Crippen LogP contribution >= 0.6 is 0 Å². The zero-order valence-corrected chi connectivity index (χ0v) is 9.53. The maximum absolute atomic E-state index is 11.9. The van der Waals surface area contributed by atoms with Gasteiger partial charge in [0.15, 0.2) is 0 Å². The Hall–Kier alpha value is -1.10. The van der Waals surface area contributed by atoms with E-state index in [4.69, 9.17) is 10.2 Å². The molecule has 16 heavy (non-hydrogen) atoms. The van der Waals surface area contributed by atoms with Crippen molar-refractivity contribution in [1.82, 2.24) is 5.32 Å². The number of aliphatic carboxylic acids is 1. The lowest BCUT2D eigenvalue weighted by molar-refractivity contribution is -0.145. The van der Waals surface area contributed by atoms with Crippen LogP contribution in [0.3, 0.4) is 0 Å². The van der Waals surface area contributed by atoms with Crippen LogP contribution < -0.4 is 5.32 Å². The fourth-order valence-electron chi connectivity index (χ4n) is 2.08. The summed E-state index contributed by atoms with van der Waals surface area (Å²) in [5, 5.41) is 19.9. The molecule has 0 spiro atoms. The minimum atomic E-state index is -1.20. The second-order valence-corrected chi connectivity index (χ2v) is 4.67. The van der Waals surface area contributed by atoms with E-state index in [1.165, 1.54) is 0 Å². The molecule has 1 aliphatic rings. The van der Waals surface area contributed by atoms with Crippen LogP contribution in [0.4, 0.5) is 0 Å². The predicted molar refractivity (Wildman–Crippen MR) is 57.8 cm³/mol. The Morgan fingerprint density at radius 1 is 1.31 bits per heavy atom. The number of carbonyl (C=O) groups excluding carboxylic acids is 1. The van der Waals surface area contributed by atoms with Crippen LogP contribution in [0.1, 0.15) is 39.0 Å². The smallest absolute Gasteiger partial charge is 0.328 e. The molecule has 0 aromatic rings.